The molecule has 108 valence electrons. The van der Waals surface area contributed by atoms with E-state index >= 15 is 0 Å². The Hall–Kier alpha value is -2.07. The van der Waals surface area contributed by atoms with Crippen LogP contribution in [-0.2, 0) is 13.0 Å². The van der Waals surface area contributed by atoms with Gasteiger partial charge >= 0.3 is 0 Å². The summed E-state index contributed by atoms with van der Waals surface area (Å²) in [6, 6.07) is 11.9. The molecule has 0 aliphatic rings. The van der Waals surface area contributed by atoms with Crippen LogP contribution in [0.5, 0.6) is 5.75 Å². The van der Waals surface area contributed by atoms with Crippen molar-refractivity contribution in [1.82, 2.24) is 14.5 Å². The molecule has 0 spiro atoms. The van der Waals surface area contributed by atoms with E-state index in [1.165, 1.54) is 0 Å². The van der Waals surface area contributed by atoms with Crippen LogP contribution in [0.2, 0.25) is 0 Å². The lowest BCUT2D eigenvalue weighted by Crippen LogP contribution is -2.07. The Labute approximate surface area is 128 Å². The van der Waals surface area contributed by atoms with Crippen molar-refractivity contribution in [3.05, 3.63) is 54.0 Å². The maximum atomic E-state index is 5.90. The second-order valence-corrected chi connectivity index (χ2v) is 5.09. The third-order valence-electron chi connectivity index (χ3n) is 3.42. The molecule has 0 bridgehead atoms. The van der Waals surface area contributed by atoms with Crippen molar-refractivity contribution < 1.29 is 4.74 Å². The van der Waals surface area contributed by atoms with Crippen molar-refractivity contribution in [2.24, 2.45) is 0 Å². The third kappa shape index (κ3) is 2.72. The minimum atomic E-state index is 0.537. The fourth-order valence-electron chi connectivity index (χ4n) is 2.45. The lowest BCUT2D eigenvalue weighted by Gasteiger charge is -2.11. The normalized spacial score (nSPS) is 11.0. The van der Waals surface area contributed by atoms with E-state index in [1.54, 1.807) is 13.3 Å². The number of aryl methyl sites for hydroxylation is 1. The van der Waals surface area contributed by atoms with E-state index in [-0.39, 0.29) is 0 Å². The molecular formula is C16H16ClN3O. The van der Waals surface area contributed by atoms with Gasteiger partial charge in [0.15, 0.2) is 5.65 Å². The van der Waals surface area contributed by atoms with Gasteiger partial charge in [-0.1, -0.05) is 18.2 Å². The number of ether oxygens (including phenoxy) is 1. The molecule has 0 atom stereocenters. The molecule has 2 heterocycles. The number of imidazole rings is 1. The fraction of sp³-hybridized carbons (Fsp3) is 0.250. The van der Waals surface area contributed by atoms with Crippen LogP contribution in [0.4, 0.5) is 0 Å². The van der Waals surface area contributed by atoms with Crippen molar-refractivity contribution in [3.63, 3.8) is 0 Å². The molecule has 0 unspecified atom stereocenters. The minimum absolute atomic E-state index is 0.537. The Morgan fingerprint density at radius 1 is 1.19 bits per heavy atom. The van der Waals surface area contributed by atoms with Crippen LogP contribution in [0.1, 0.15) is 11.4 Å². The van der Waals surface area contributed by atoms with Gasteiger partial charge in [0.05, 0.1) is 13.7 Å². The molecule has 0 N–H and O–H groups in total. The number of alkyl halides is 1. The van der Waals surface area contributed by atoms with E-state index in [0.717, 1.165) is 28.3 Å². The number of nitrogens with zero attached hydrogens (tertiary/aromatic N) is 3. The quantitative estimate of drug-likeness (QED) is 0.679. The predicted octanol–water partition coefficient (Wildman–Crippen LogP) is 3.27. The van der Waals surface area contributed by atoms with Crippen LogP contribution in [0.15, 0.2) is 42.6 Å². The van der Waals surface area contributed by atoms with Gasteiger partial charge in [0.1, 0.15) is 17.1 Å². The predicted molar refractivity (Wildman–Crippen MR) is 84.0 cm³/mol. The average Bonchev–Trinajstić information content (AvgIpc) is 2.86. The van der Waals surface area contributed by atoms with Crippen LogP contribution in [0, 0.1) is 0 Å². The van der Waals surface area contributed by atoms with Gasteiger partial charge in [0.2, 0.25) is 0 Å². The Bertz CT molecular complexity index is 754. The summed E-state index contributed by atoms with van der Waals surface area (Å²) in [5.41, 5.74) is 2.87. The first-order valence-electron chi connectivity index (χ1n) is 6.81. The third-order valence-corrected chi connectivity index (χ3v) is 3.61. The molecule has 4 nitrogen and oxygen atoms in total. The Kier molecular flexibility index (Phi) is 4.06. The number of hydrogen-bond donors (Lipinski definition) is 0. The van der Waals surface area contributed by atoms with Gasteiger partial charge in [-0.15, -0.1) is 11.6 Å². The summed E-state index contributed by atoms with van der Waals surface area (Å²) in [4.78, 5) is 9.08. The summed E-state index contributed by atoms with van der Waals surface area (Å²) in [5.74, 6) is 2.35. The van der Waals surface area contributed by atoms with E-state index in [9.17, 15) is 0 Å². The van der Waals surface area contributed by atoms with Gasteiger partial charge in [0, 0.05) is 24.1 Å². The van der Waals surface area contributed by atoms with Gasteiger partial charge < -0.3 is 9.30 Å². The van der Waals surface area contributed by atoms with Gasteiger partial charge in [-0.25, -0.2) is 9.97 Å². The van der Waals surface area contributed by atoms with Crippen molar-refractivity contribution in [3.8, 4) is 5.75 Å². The van der Waals surface area contributed by atoms with Crippen molar-refractivity contribution in [2.45, 2.75) is 13.0 Å². The van der Waals surface area contributed by atoms with Crippen LogP contribution in [0.25, 0.3) is 11.2 Å². The zero-order valence-electron chi connectivity index (χ0n) is 11.8. The first-order chi connectivity index (χ1) is 10.3. The number of para-hydroxylation sites is 1. The first-order valence-corrected chi connectivity index (χ1v) is 7.35. The Balaban J connectivity index is 2.08. The average molecular weight is 302 g/mol. The summed E-state index contributed by atoms with van der Waals surface area (Å²) in [6.07, 6.45) is 2.50. The smallest absolute Gasteiger partial charge is 0.160 e. The molecule has 0 saturated carbocycles. The summed E-state index contributed by atoms with van der Waals surface area (Å²) in [5, 5.41) is 0. The Morgan fingerprint density at radius 2 is 2.05 bits per heavy atom. The van der Waals surface area contributed by atoms with E-state index < -0.39 is 0 Å². The highest BCUT2D eigenvalue weighted by molar-refractivity contribution is 6.17. The van der Waals surface area contributed by atoms with Gasteiger partial charge in [-0.3, -0.25) is 0 Å². The highest BCUT2D eigenvalue weighted by Gasteiger charge is 2.13. The van der Waals surface area contributed by atoms with Crippen molar-refractivity contribution >= 4 is 22.8 Å². The first kappa shape index (κ1) is 13.9. The number of hydrogen-bond acceptors (Lipinski definition) is 3. The van der Waals surface area contributed by atoms with E-state index in [4.69, 9.17) is 16.3 Å². The highest BCUT2D eigenvalue weighted by atomic mass is 35.5. The molecular weight excluding hydrogens is 286 g/mol. The van der Waals surface area contributed by atoms with Crippen LogP contribution in [0.3, 0.4) is 0 Å². The summed E-state index contributed by atoms with van der Waals surface area (Å²) in [7, 11) is 1.68. The highest BCUT2D eigenvalue weighted by Crippen LogP contribution is 2.22. The molecule has 0 amide bonds. The zero-order valence-corrected chi connectivity index (χ0v) is 12.5. The lowest BCUT2D eigenvalue weighted by molar-refractivity contribution is 0.408. The number of halogens is 1. The SMILES string of the molecule is COc1ccccc1Cn1c(CCCl)nc2cccnc21. The van der Waals surface area contributed by atoms with Crippen molar-refractivity contribution in [1.29, 1.82) is 0 Å². The second-order valence-electron chi connectivity index (χ2n) is 4.71. The van der Waals surface area contributed by atoms with Crippen molar-refractivity contribution in [2.75, 3.05) is 13.0 Å². The molecule has 0 fully saturated rings. The number of methoxy groups -OCH3 is 1. The molecule has 21 heavy (non-hydrogen) atoms. The second kappa shape index (κ2) is 6.14. The zero-order chi connectivity index (χ0) is 14.7. The number of rotatable bonds is 5. The number of benzene rings is 1. The fourth-order valence-corrected chi connectivity index (χ4v) is 2.62. The molecule has 2 aromatic heterocycles. The minimum Gasteiger partial charge on any atom is -0.496 e. The summed E-state index contributed by atoms with van der Waals surface area (Å²) in [6.45, 7) is 0.670. The molecule has 5 heteroatoms. The number of aromatic nitrogens is 3. The molecule has 1 aromatic carbocycles. The summed E-state index contributed by atoms with van der Waals surface area (Å²) < 4.78 is 7.53. The maximum absolute atomic E-state index is 5.90. The number of pyridine rings is 1. The molecule has 0 aliphatic carbocycles. The molecule has 0 radical (unpaired) electrons. The number of fused-ring (bicyclic) bond motifs is 1. The standard InChI is InChI=1S/C16H16ClN3O/c1-21-14-7-3-2-5-12(14)11-20-15(8-9-17)19-13-6-4-10-18-16(13)20/h2-7,10H,8-9,11H2,1H3. The van der Waals surface area contributed by atoms with Crippen LogP contribution >= 0.6 is 11.6 Å². The largest absolute Gasteiger partial charge is 0.496 e. The van der Waals surface area contributed by atoms with Gasteiger partial charge in [-0.2, -0.15) is 0 Å². The maximum Gasteiger partial charge on any atom is 0.160 e. The van der Waals surface area contributed by atoms with Crippen LogP contribution < -0.4 is 4.74 Å². The molecule has 0 saturated heterocycles. The molecule has 3 aromatic rings. The molecule has 3 rings (SSSR count). The lowest BCUT2D eigenvalue weighted by atomic mass is 10.2. The van der Waals surface area contributed by atoms with E-state index in [2.05, 4.69) is 20.6 Å². The monoisotopic (exact) mass is 301 g/mol. The molecule has 0 aliphatic heterocycles. The topological polar surface area (TPSA) is 39.9 Å². The Morgan fingerprint density at radius 3 is 2.86 bits per heavy atom. The van der Waals surface area contributed by atoms with E-state index in [1.807, 2.05) is 30.3 Å². The van der Waals surface area contributed by atoms with Gasteiger partial charge in [-0.05, 0) is 18.2 Å². The van der Waals surface area contributed by atoms with E-state index in [0.29, 0.717) is 18.8 Å². The van der Waals surface area contributed by atoms with Crippen LogP contribution in [-0.4, -0.2) is 27.5 Å². The summed E-state index contributed by atoms with van der Waals surface area (Å²) >= 11 is 5.90. The van der Waals surface area contributed by atoms with Gasteiger partial charge in [0.25, 0.3) is 0 Å².